The quantitative estimate of drug-likeness (QED) is 0.198. The van der Waals surface area contributed by atoms with E-state index in [0.29, 0.717) is 22.3 Å². The second-order valence-electron chi connectivity index (χ2n) is 11.1. The average molecular weight is 580 g/mol. The summed E-state index contributed by atoms with van der Waals surface area (Å²) in [5.41, 5.74) is 5.62. The summed E-state index contributed by atoms with van der Waals surface area (Å²) < 4.78 is 5.50. The lowest BCUT2D eigenvalue weighted by Crippen LogP contribution is -2.42. The second kappa shape index (κ2) is 12.0. The summed E-state index contributed by atoms with van der Waals surface area (Å²) in [6.45, 7) is 6.27. The molecule has 0 bridgehead atoms. The maximum atomic E-state index is 12.8. The molecule has 0 saturated heterocycles. The van der Waals surface area contributed by atoms with Crippen molar-refractivity contribution >= 4 is 23.5 Å². The van der Waals surface area contributed by atoms with Crippen molar-refractivity contribution in [2.45, 2.75) is 38.6 Å². The number of halogens is 1. The summed E-state index contributed by atoms with van der Waals surface area (Å²) >= 11 is 6.32. The van der Waals surface area contributed by atoms with Crippen molar-refractivity contribution in [1.82, 2.24) is 15.5 Å². The first-order valence-electron chi connectivity index (χ1n) is 13.5. The number of hydrogen-bond donors (Lipinski definition) is 2. The highest BCUT2D eigenvalue weighted by molar-refractivity contribution is 6.33. The van der Waals surface area contributed by atoms with Gasteiger partial charge in [-0.05, 0) is 52.4 Å². The third-order valence-corrected chi connectivity index (χ3v) is 7.34. The van der Waals surface area contributed by atoms with Crippen molar-refractivity contribution in [3.8, 4) is 34.0 Å². The van der Waals surface area contributed by atoms with E-state index in [1.807, 2.05) is 60.7 Å². The molecule has 0 fully saturated rings. The molecule has 5 aromatic rings. The van der Waals surface area contributed by atoms with Gasteiger partial charge in [-0.1, -0.05) is 104 Å². The number of carboxylic acid groups (broad SMARTS) is 1. The number of aliphatic carboxylic acids is 1. The van der Waals surface area contributed by atoms with Crippen molar-refractivity contribution in [3.63, 3.8) is 0 Å². The molecule has 0 aliphatic heterocycles. The second-order valence-corrected chi connectivity index (χ2v) is 11.5. The molecule has 4 aromatic carbocycles. The Balaban J connectivity index is 1.24. The van der Waals surface area contributed by atoms with Crippen LogP contribution in [-0.4, -0.2) is 33.2 Å². The Morgan fingerprint density at radius 2 is 1.48 bits per heavy atom. The number of carboxylic acids is 1. The predicted octanol–water partition coefficient (Wildman–Crippen LogP) is 7.45. The summed E-state index contributed by atoms with van der Waals surface area (Å²) in [5.74, 6) is -0.752. The minimum absolute atomic E-state index is 0.0444. The average Bonchev–Trinajstić information content (AvgIpc) is 3.47. The van der Waals surface area contributed by atoms with E-state index in [2.05, 4.69) is 36.2 Å². The smallest absolute Gasteiger partial charge is 0.326 e. The van der Waals surface area contributed by atoms with Gasteiger partial charge in [0.25, 0.3) is 11.8 Å². The van der Waals surface area contributed by atoms with E-state index < -0.39 is 17.9 Å². The van der Waals surface area contributed by atoms with Crippen molar-refractivity contribution in [3.05, 3.63) is 119 Å². The maximum absolute atomic E-state index is 12.8. The van der Waals surface area contributed by atoms with Crippen LogP contribution in [0, 0.1) is 0 Å². The molecule has 5 rings (SSSR count). The molecule has 1 aromatic heterocycles. The number of amides is 1. The van der Waals surface area contributed by atoms with Gasteiger partial charge in [0.05, 0.1) is 0 Å². The molecule has 2 N–H and O–H groups in total. The Bertz CT molecular complexity index is 1700. The summed E-state index contributed by atoms with van der Waals surface area (Å²) in [4.78, 5) is 29.2. The van der Waals surface area contributed by atoms with Crippen LogP contribution in [0.4, 0.5) is 0 Å². The number of carbonyl (C=O) groups is 2. The first-order chi connectivity index (χ1) is 20.1. The molecule has 42 heavy (non-hydrogen) atoms. The molecule has 0 saturated carbocycles. The lowest BCUT2D eigenvalue weighted by atomic mass is 9.86. The van der Waals surface area contributed by atoms with E-state index in [1.165, 1.54) is 0 Å². The van der Waals surface area contributed by atoms with Gasteiger partial charge in [-0.25, -0.2) is 4.79 Å². The summed E-state index contributed by atoms with van der Waals surface area (Å²) in [5, 5.41) is 17.2. The summed E-state index contributed by atoms with van der Waals surface area (Å²) in [7, 11) is 0. The lowest BCUT2D eigenvalue weighted by Gasteiger charge is -2.19. The van der Waals surface area contributed by atoms with Gasteiger partial charge in [0.15, 0.2) is 0 Å². The number of aromatic nitrogens is 2. The number of hydrogen-bond acceptors (Lipinski definition) is 5. The van der Waals surface area contributed by atoms with Crippen LogP contribution < -0.4 is 5.32 Å². The zero-order chi connectivity index (χ0) is 29.9. The zero-order valence-corrected chi connectivity index (χ0v) is 24.2. The highest BCUT2D eigenvalue weighted by Gasteiger charge is 2.22. The Kier molecular flexibility index (Phi) is 8.22. The number of nitrogens with one attached hydrogen (secondary N) is 1. The minimum Gasteiger partial charge on any atom is -0.480 e. The molecule has 0 aliphatic carbocycles. The van der Waals surface area contributed by atoms with E-state index in [-0.39, 0.29) is 11.8 Å². The molecule has 0 radical (unpaired) electrons. The highest BCUT2D eigenvalue weighted by atomic mass is 35.5. The zero-order valence-electron chi connectivity index (χ0n) is 23.5. The van der Waals surface area contributed by atoms with Gasteiger partial charge in [-0.3, -0.25) is 4.79 Å². The fourth-order valence-corrected chi connectivity index (χ4v) is 4.78. The van der Waals surface area contributed by atoms with Gasteiger partial charge >= 0.3 is 5.97 Å². The number of nitrogens with zero attached hydrogens (tertiary/aromatic N) is 2. The fourth-order valence-electron chi connectivity index (χ4n) is 4.53. The summed E-state index contributed by atoms with van der Waals surface area (Å²) in [6.07, 6.45) is 0.122. The Morgan fingerprint density at radius 1 is 0.857 bits per heavy atom. The van der Waals surface area contributed by atoms with Gasteiger partial charge < -0.3 is 14.9 Å². The molecule has 7 nitrogen and oxygen atoms in total. The lowest BCUT2D eigenvalue weighted by molar-refractivity contribution is -0.139. The van der Waals surface area contributed by atoms with Gasteiger partial charge in [-0.15, -0.1) is 0 Å². The van der Waals surface area contributed by atoms with Crippen LogP contribution >= 0.6 is 11.6 Å². The van der Waals surface area contributed by atoms with Crippen molar-refractivity contribution in [1.29, 1.82) is 0 Å². The molecule has 1 atom stereocenters. The molecule has 1 heterocycles. The molecule has 0 aliphatic rings. The molecular weight excluding hydrogens is 550 g/mol. The maximum Gasteiger partial charge on any atom is 0.326 e. The molecular formula is C34H30ClN3O4. The topological polar surface area (TPSA) is 105 Å². The van der Waals surface area contributed by atoms with Crippen LogP contribution in [0.3, 0.4) is 0 Å². The number of rotatable bonds is 8. The fraction of sp³-hybridized carbons (Fsp3) is 0.176. The monoisotopic (exact) mass is 579 g/mol. The Labute approximate surface area is 249 Å². The van der Waals surface area contributed by atoms with Crippen molar-refractivity contribution in [2.75, 3.05) is 0 Å². The van der Waals surface area contributed by atoms with E-state index >= 15 is 0 Å². The highest BCUT2D eigenvalue weighted by Crippen LogP contribution is 2.30. The number of benzene rings is 4. The van der Waals surface area contributed by atoms with Crippen LogP contribution in [-0.2, 0) is 16.6 Å². The van der Waals surface area contributed by atoms with Gasteiger partial charge in [-0.2, -0.15) is 4.98 Å². The SMILES string of the molecule is CC(C)(C)c1ccc(C(=O)NC(Cc2ccc(-c3noc(-c4ccc(-c5ccccc5Cl)cc4)n3)cc2)C(=O)O)cc1. The van der Waals surface area contributed by atoms with Crippen LogP contribution in [0.5, 0.6) is 0 Å². The normalized spacial score (nSPS) is 12.1. The molecule has 1 unspecified atom stereocenters. The summed E-state index contributed by atoms with van der Waals surface area (Å²) in [6, 6.07) is 28.7. The molecule has 212 valence electrons. The third-order valence-electron chi connectivity index (χ3n) is 7.01. The van der Waals surface area contributed by atoms with Crippen molar-refractivity contribution in [2.24, 2.45) is 0 Å². The predicted molar refractivity (Wildman–Crippen MR) is 163 cm³/mol. The van der Waals surface area contributed by atoms with Crippen LogP contribution in [0.2, 0.25) is 5.02 Å². The molecule has 1 amide bonds. The van der Waals surface area contributed by atoms with E-state index in [1.54, 1.807) is 36.4 Å². The Hall–Kier alpha value is -4.75. The van der Waals surface area contributed by atoms with Crippen LogP contribution in [0.25, 0.3) is 34.0 Å². The van der Waals surface area contributed by atoms with Gasteiger partial charge in [0, 0.05) is 33.7 Å². The van der Waals surface area contributed by atoms with E-state index in [0.717, 1.165) is 33.4 Å². The van der Waals surface area contributed by atoms with Gasteiger partial charge in [0.2, 0.25) is 5.82 Å². The Morgan fingerprint density at radius 3 is 2.10 bits per heavy atom. The van der Waals surface area contributed by atoms with Crippen molar-refractivity contribution < 1.29 is 19.2 Å². The molecule has 8 heteroatoms. The van der Waals surface area contributed by atoms with E-state index in [9.17, 15) is 14.7 Å². The van der Waals surface area contributed by atoms with Crippen LogP contribution in [0.1, 0.15) is 42.3 Å². The third kappa shape index (κ3) is 6.58. The standard InChI is InChI=1S/C34H30ClN3O4/c1-34(2,3)26-18-16-24(17-19-26)31(39)36-29(33(40)41)20-21-8-10-23(11-9-21)30-37-32(42-38-30)25-14-12-22(13-15-25)27-6-4-5-7-28(27)35/h4-19,29H,20H2,1-3H3,(H,36,39)(H,40,41). The molecule has 0 spiro atoms. The first-order valence-corrected chi connectivity index (χ1v) is 13.9. The van der Waals surface area contributed by atoms with Gasteiger partial charge in [0.1, 0.15) is 6.04 Å². The van der Waals surface area contributed by atoms with E-state index in [4.69, 9.17) is 16.1 Å². The largest absolute Gasteiger partial charge is 0.480 e. The first kappa shape index (κ1) is 28.8. The number of carbonyl (C=O) groups excluding carboxylic acids is 1. The minimum atomic E-state index is -1.11. The van der Waals surface area contributed by atoms with Crippen LogP contribution in [0.15, 0.2) is 102 Å².